The monoisotopic (exact) mass is 357 g/mol. The van der Waals surface area contributed by atoms with Gasteiger partial charge in [0.1, 0.15) is 5.03 Å². The van der Waals surface area contributed by atoms with Gasteiger partial charge < -0.3 is 0 Å². The van der Waals surface area contributed by atoms with Gasteiger partial charge in [-0.05, 0) is 29.7 Å². The second-order valence-corrected chi connectivity index (χ2v) is 7.11. The molecule has 0 atom stereocenters. The van der Waals surface area contributed by atoms with Crippen LogP contribution in [0.15, 0.2) is 78.6 Å². The fraction of sp³-hybridized carbons (Fsp3) is 0.0909. The van der Waals surface area contributed by atoms with Gasteiger partial charge in [0.05, 0.1) is 11.2 Å². The molecule has 4 aromatic rings. The quantitative estimate of drug-likeness (QED) is 0.433. The van der Waals surface area contributed by atoms with Gasteiger partial charge in [-0.2, -0.15) is 5.10 Å². The predicted molar refractivity (Wildman–Crippen MR) is 109 cm³/mol. The molecule has 4 rings (SSSR count). The van der Waals surface area contributed by atoms with Gasteiger partial charge in [-0.3, -0.25) is 0 Å². The second-order valence-electron chi connectivity index (χ2n) is 6.14. The normalized spacial score (nSPS) is 11.0. The summed E-state index contributed by atoms with van der Waals surface area (Å²) in [6.45, 7) is 5.91. The molecule has 26 heavy (non-hydrogen) atoms. The zero-order valence-electron chi connectivity index (χ0n) is 14.6. The van der Waals surface area contributed by atoms with Crippen molar-refractivity contribution in [2.24, 2.45) is 0 Å². The first kappa shape index (κ1) is 16.6. The lowest BCUT2D eigenvalue weighted by Gasteiger charge is -2.03. The van der Waals surface area contributed by atoms with Crippen molar-refractivity contribution in [2.45, 2.75) is 17.7 Å². The molecule has 0 radical (unpaired) electrons. The molecule has 128 valence electrons. The summed E-state index contributed by atoms with van der Waals surface area (Å²) in [6.07, 6.45) is 5.57. The summed E-state index contributed by atoms with van der Waals surface area (Å²) in [7, 11) is 0. The number of benzene rings is 2. The Bertz CT molecular complexity index is 1060. The van der Waals surface area contributed by atoms with E-state index in [0.29, 0.717) is 0 Å². The van der Waals surface area contributed by atoms with Gasteiger partial charge in [0.15, 0.2) is 0 Å². The molecule has 0 aliphatic heterocycles. The molecule has 0 spiro atoms. The molecule has 0 aliphatic carbocycles. The van der Waals surface area contributed by atoms with Crippen LogP contribution in [-0.4, -0.2) is 14.6 Å². The van der Waals surface area contributed by atoms with Crippen LogP contribution in [0.3, 0.4) is 0 Å². The molecule has 0 unspecified atom stereocenters. The largest absolute Gasteiger partial charge is 0.246 e. The van der Waals surface area contributed by atoms with E-state index in [1.165, 1.54) is 11.1 Å². The lowest BCUT2D eigenvalue weighted by Crippen LogP contribution is -1.91. The number of hydrogen-bond donors (Lipinski definition) is 0. The minimum Gasteiger partial charge on any atom is -0.246 e. The molecule has 0 saturated heterocycles. The van der Waals surface area contributed by atoms with E-state index < -0.39 is 0 Å². The molecule has 4 heteroatoms. The zero-order valence-corrected chi connectivity index (χ0v) is 15.4. The molecule has 2 heterocycles. The van der Waals surface area contributed by atoms with Crippen LogP contribution in [-0.2, 0) is 5.75 Å². The van der Waals surface area contributed by atoms with E-state index in [2.05, 4.69) is 67.0 Å². The van der Waals surface area contributed by atoms with E-state index in [9.17, 15) is 0 Å². The van der Waals surface area contributed by atoms with Crippen LogP contribution in [0.5, 0.6) is 0 Å². The SMILES string of the molecule is C=Cc1ccc(CSc2nccn3nc(-c4ccccc4C)cc23)cc1. The van der Waals surface area contributed by atoms with Crippen molar-refractivity contribution in [1.29, 1.82) is 0 Å². The molecular formula is C22H19N3S. The molecule has 3 nitrogen and oxygen atoms in total. The Labute approximate surface area is 157 Å². The standard InChI is InChI=1S/C22H19N3S/c1-3-17-8-10-18(11-9-17)15-26-22-21-14-20(24-25(21)13-12-23-22)19-7-5-4-6-16(19)2/h3-14H,1,15H2,2H3. The number of aromatic nitrogens is 3. The van der Waals surface area contributed by atoms with Gasteiger partial charge in [-0.25, -0.2) is 9.50 Å². The highest BCUT2D eigenvalue weighted by molar-refractivity contribution is 7.98. The van der Waals surface area contributed by atoms with Crippen molar-refractivity contribution in [3.63, 3.8) is 0 Å². The van der Waals surface area contributed by atoms with Gasteiger partial charge in [0.2, 0.25) is 0 Å². The molecule has 0 amide bonds. The number of fused-ring (bicyclic) bond motifs is 1. The number of nitrogens with zero attached hydrogens (tertiary/aromatic N) is 3. The van der Waals surface area contributed by atoms with Crippen molar-refractivity contribution in [3.05, 3.63) is 90.3 Å². The first-order chi connectivity index (χ1) is 12.7. The fourth-order valence-electron chi connectivity index (χ4n) is 2.90. The van der Waals surface area contributed by atoms with Gasteiger partial charge in [-0.1, -0.05) is 72.9 Å². The minimum atomic E-state index is 0.870. The number of aryl methyl sites for hydroxylation is 1. The number of rotatable bonds is 5. The summed E-state index contributed by atoms with van der Waals surface area (Å²) in [4.78, 5) is 4.57. The predicted octanol–water partition coefficient (Wildman–Crippen LogP) is 5.64. The Kier molecular flexibility index (Phi) is 4.59. The lowest BCUT2D eigenvalue weighted by molar-refractivity contribution is 0.920. The van der Waals surface area contributed by atoms with Crippen LogP contribution in [0, 0.1) is 6.92 Å². The van der Waals surface area contributed by atoms with Gasteiger partial charge in [0, 0.05) is 23.7 Å². The van der Waals surface area contributed by atoms with E-state index in [0.717, 1.165) is 33.1 Å². The summed E-state index contributed by atoms with van der Waals surface area (Å²) >= 11 is 1.73. The molecule has 2 aromatic heterocycles. The van der Waals surface area contributed by atoms with Gasteiger partial charge >= 0.3 is 0 Å². The lowest BCUT2D eigenvalue weighted by atomic mass is 10.1. The molecule has 0 saturated carbocycles. The van der Waals surface area contributed by atoms with Gasteiger partial charge in [-0.15, -0.1) is 0 Å². The Balaban J connectivity index is 1.63. The van der Waals surface area contributed by atoms with E-state index in [4.69, 9.17) is 5.10 Å². The average molecular weight is 357 g/mol. The Morgan fingerprint density at radius 3 is 2.69 bits per heavy atom. The van der Waals surface area contributed by atoms with Crippen LogP contribution in [0.25, 0.3) is 22.9 Å². The Hall–Kier alpha value is -2.85. The summed E-state index contributed by atoms with van der Waals surface area (Å²) in [5.74, 6) is 0.870. The van der Waals surface area contributed by atoms with E-state index in [1.54, 1.807) is 11.8 Å². The summed E-state index contributed by atoms with van der Waals surface area (Å²) < 4.78 is 1.91. The molecule has 2 aromatic carbocycles. The number of thioether (sulfide) groups is 1. The highest BCUT2D eigenvalue weighted by Gasteiger charge is 2.11. The van der Waals surface area contributed by atoms with Crippen LogP contribution in [0.1, 0.15) is 16.7 Å². The van der Waals surface area contributed by atoms with E-state index in [-0.39, 0.29) is 0 Å². The van der Waals surface area contributed by atoms with Crippen molar-refractivity contribution in [2.75, 3.05) is 0 Å². The van der Waals surface area contributed by atoms with Crippen molar-refractivity contribution in [1.82, 2.24) is 14.6 Å². The van der Waals surface area contributed by atoms with E-state index in [1.807, 2.05) is 29.1 Å². The van der Waals surface area contributed by atoms with Crippen LogP contribution in [0.4, 0.5) is 0 Å². The molecule has 0 fully saturated rings. The smallest absolute Gasteiger partial charge is 0.122 e. The van der Waals surface area contributed by atoms with Crippen molar-refractivity contribution in [3.8, 4) is 11.3 Å². The molecular weight excluding hydrogens is 338 g/mol. The third kappa shape index (κ3) is 3.28. The third-order valence-electron chi connectivity index (χ3n) is 4.37. The summed E-state index contributed by atoms with van der Waals surface area (Å²) in [5.41, 5.74) is 6.81. The Morgan fingerprint density at radius 1 is 1.12 bits per heavy atom. The average Bonchev–Trinajstić information content (AvgIpc) is 3.11. The topological polar surface area (TPSA) is 30.2 Å². The first-order valence-corrected chi connectivity index (χ1v) is 9.48. The van der Waals surface area contributed by atoms with Crippen LogP contribution in [0.2, 0.25) is 0 Å². The fourth-order valence-corrected chi connectivity index (χ4v) is 3.83. The van der Waals surface area contributed by atoms with Crippen LogP contribution >= 0.6 is 11.8 Å². The van der Waals surface area contributed by atoms with Crippen LogP contribution < -0.4 is 0 Å². The van der Waals surface area contributed by atoms with E-state index >= 15 is 0 Å². The Morgan fingerprint density at radius 2 is 1.92 bits per heavy atom. The maximum atomic E-state index is 4.73. The molecule has 0 aliphatic rings. The maximum absolute atomic E-state index is 4.73. The van der Waals surface area contributed by atoms with Crippen molar-refractivity contribution >= 4 is 23.4 Å². The number of hydrogen-bond acceptors (Lipinski definition) is 3. The van der Waals surface area contributed by atoms with Crippen molar-refractivity contribution < 1.29 is 0 Å². The maximum Gasteiger partial charge on any atom is 0.122 e. The summed E-state index contributed by atoms with van der Waals surface area (Å²) in [5, 5.41) is 5.73. The molecule has 0 bridgehead atoms. The minimum absolute atomic E-state index is 0.870. The summed E-state index contributed by atoms with van der Waals surface area (Å²) in [6, 6.07) is 18.9. The second kappa shape index (κ2) is 7.18. The zero-order chi connectivity index (χ0) is 17.9. The highest BCUT2D eigenvalue weighted by atomic mass is 32.2. The first-order valence-electron chi connectivity index (χ1n) is 8.49. The molecule has 0 N–H and O–H groups in total. The highest BCUT2D eigenvalue weighted by Crippen LogP contribution is 2.29. The third-order valence-corrected chi connectivity index (χ3v) is 5.43. The van der Waals surface area contributed by atoms with Gasteiger partial charge in [0.25, 0.3) is 0 Å².